The van der Waals surface area contributed by atoms with Crippen molar-refractivity contribution in [2.45, 2.75) is 27.2 Å². The summed E-state index contributed by atoms with van der Waals surface area (Å²) in [5.74, 6) is 0.562. The molecule has 1 aromatic rings. The summed E-state index contributed by atoms with van der Waals surface area (Å²) >= 11 is 0. The number of nitrogens with zero attached hydrogens (tertiary/aromatic N) is 2. The quantitative estimate of drug-likeness (QED) is 0.596. The molecule has 2 heterocycles. The SMILES string of the molecule is CC.CC1C=Nc2ccncc2C1. The molecule has 1 aliphatic rings. The predicted molar refractivity (Wildman–Crippen MR) is 56.6 cm³/mol. The minimum absolute atomic E-state index is 0.562. The Labute approximate surface area is 79.7 Å². The third kappa shape index (κ3) is 2.38. The third-order valence-corrected chi connectivity index (χ3v) is 1.89. The van der Waals surface area contributed by atoms with E-state index in [2.05, 4.69) is 16.9 Å². The number of rotatable bonds is 0. The van der Waals surface area contributed by atoms with E-state index >= 15 is 0 Å². The minimum atomic E-state index is 0.562. The molecule has 0 saturated heterocycles. The van der Waals surface area contributed by atoms with Gasteiger partial charge in [-0.1, -0.05) is 20.8 Å². The first kappa shape index (κ1) is 9.90. The summed E-state index contributed by atoms with van der Waals surface area (Å²) in [7, 11) is 0. The summed E-state index contributed by atoms with van der Waals surface area (Å²) in [5.41, 5.74) is 2.35. The molecule has 0 amide bonds. The lowest BCUT2D eigenvalue weighted by Gasteiger charge is -2.12. The Morgan fingerprint density at radius 3 is 2.92 bits per heavy atom. The van der Waals surface area contributed by atoms with Crippen LogP contribution in [0.1, 0.15) is 26.3 Å². The van der Waals surface area contributed by atoms with Gasteiger partial charge in [0, 0.05) is 18.6 Å². The van der Waals surface area contributed by atoms with Crippen LogP contribution in [-0.4, -0.2) is 11.2 Å². The van der Waals surface area contributed by atoms with E-state index in [0.717, 1.165) is 12.1 Å². The molecule has 1 atom stereocenters. The van der Waals surface area contributed by atoms with E-state index in [4.69, 9.17) is 0 Å². The van der Waals surface area contributed by atoms with Crippen molar-refractivity contribution in [3.8, 4) is 0 Å². The molecule has 0 aliphatic carbocycles. The summed E-state index contributed by atoms with van der Waals surface area (Å²) in [5, 5.41) is 0. The standard InChI is InChI=1S/C9H10N2.C2H6/c1-7-4-8-6-10-3-2-9(8)11-5-7;1-2/h2-3,5-7H,4H2,1H3;1-2H3. The fraction of sp³-hybridized carbons (Fsp3) is 0.455. The van der Waals surface area contributed by atoms with Gasteiger partial charge >= 0.3 is 0 Å². The van der Waals surface area contributed by atoms with Crippen LogP contribution in [0.25, 0.3) is 0 Å². The molecule has 0 aromatic carbocycles. The first-order valence-electron chi connectivity index (χ1n) is 4.83. The van der Waals surface area contributed by atoms with Crippen molar-refractivity contribution >= 4 is 11.9 Å². The second-order valence-corrected chi connectivity index (χ2v) is 2.96. The van der Waals surface area contributed by atoms with Gasteiger partial charge in [0.25, 0.3) is 0 Å². The second kappa shape index (κ2) is 4.75. The van der Waals surface area contributed by atoms with E-state index < -0.39 is 0 Å². The Morgan fingerprint density at radius 1 is 1.38 bits per heavy atom. The van der Waals surface area contributed by atoms with Crippen molar-refractivity contribution in [2.24, 2.45) is 10.9 Å². The normalized spacial score (nSPS) is 18.5. The Morgan fingerprint density at radius 2 is 2.15 bits per heavy atom. The maximum Gasteiger partial charge on any atom is 0.0688 e. The van der Waals surface area contributed by atoms with Crippen LogP contribution < -0.4 is 0 Å². The Hall–Kier alpha value is -1.18. The molecule has 2 heteroatoms. The van der Waals surface area contributed by atoms with Crippen LogP contribution in [0.15, 0.2) is 23.5 Å². The van der Waals surface area contributed by atoms with Crippen molar-refractivity contribution in [2.75, 3.05) is 0 Å². The van der Waals surface area contributed by atoms with E-state index in [0.29, 0.717) is 5.92 Å². The van der Waals surface area contributed by atoms with E-state index in [1.54, 1.807) is 6.20 Å². The summed E-state index contributed by atoms with van der Waals surface area (Å²) in [6.45, 7) is 6.17. The van der Waals surface area contributed by atoms with Gasteiger partial charge in [-0.05, 0) is 24.0 Å². The number of aromatic nitrogens is 1. The largest absolute Gasteiger partial charge is 0.264 e. The molecule has 1 aliphatic heterocycles. The van der Waals surface area contributed by atoms with E-state index in [1.165, 1.54) is 5.56 Å². The lowest BCUT2D eigenvalue weighted by atomic mass is 10.00. The molecule has 70 valence electrons. The molecular weight excluding hydrogens is 160 g/mol. The van der Waals surface area contributed by atoms with Gasteiger partial charge in [-0.15, -0.1) is 0 Å². The zero-order chi connectivity index (χ0) is 9.68. The van der Waals surface area contributed by atoms with Crippen LogP contribution >= 0.6 is 0 Å². The molecule has 0 bridgehead atoms. The third-order valence-electron chi connectivity index (χ3n) is 1.89. The average Bonchev–Trinajstić information content (AvgIpc) is 2.21. The van der Waals surface area contributed by atoms with Gasteiger partial charge in [0.05, 0.1) is 5.69 Å². The average molecular weight is 176 g/mol. The van der Waals surface area contributed by atoms with E-state index in [-0.39, 0.29) is 0 Å². The number of hydrogen-bond donors (Lipinski definition) is 0. The van der Waals surface area contributed by atoms with Gasteiger partial charge in [0.15, 0.2) is 0 Å². The molecule has 0 spiro atoms. The molecule has 2 nitrogen and oxygen atoms in total. The van der Waals surface area contributed by atoms with E-state index in [1.807, 2.05) is 32.3 Å². The van der Waals surface area contributed by atoms with Crippen molar-refractivity contribution in [1.82, 2.24) is 4.98 Å². The Kier molecular flexibility index (Phi) is 3.62. The second-order valence-electron chi connectivity index (χ2n) is 2.96. The first-order chi connectivity index (χ1) is 6.36. The molecule has 0 saturated carbocycles. The van der Waals surface area contributed by atoms with Crippen molar-refractivity contribution in [1.29, 1.82) is 0 Å². The van der Waals surface area contributed by atoms with Crippen LogP contribution in [0.3, 0.4) is 0 Å². The zero-order valence-electron chi connectivity index (χ0n) is 8.49. The summed E-state index contributed by atoms with van der Waals surface area (Å²) < 4.78 is 0. The summed E-state index contributed by atoms with van der Waals surface area (Å²) in [6, 6.07) is 1.96. The minimum Gasteiger partial charge on any atom is -0.264 e. The summed E-state index contributed by atoms with van der Waals surface area (Å²) in [4.78, 5) is 8.37. The van der Waals surface area contributed by atoms with Crippen LogP contribution in [-0.2, 0) is 6.42 Å². The predicted octanol–water partition coefficient (Wildman–Crippen LogP) is 3.00. The smallest absolute Gasteiger partial charge is 0.0688 e. The Balaban J connectivity index is 0.000000396. The van der Waals surface area contributed by atoms with Crippen LogP contribution in [0.5, 0.6) is 0 Å². The van der Waals surface area contributed by atoms with E-state index in [9.17, 15) is 0 Å². The van der Waals surface area contributed by atoms with Gasteiger partial charge in [-0.25, -0.2) is 0 Å². The molecule has 0 N–H and O–H groups in total. The molecule has 1 aromatic heterocycles. The zero-order valence-corrected chi connectivity index (χ0v) is 8.49. The lowest BCUT2D eigenvalue weighted by Crippen LogP contribution is -2.05. The van der Waals surface area contributed by atoms with Gasteiger partial charge in [0.2, 0.25) is 0 Å². The highest BCUT2D eigenvalue weighted by Gasteiger charge is 2.09. The molecule has 2 rings (SSSR count). The Bertz CT molecular complexity index is 292. The summed E-state index contributed by atoms with van der Waals surface area (Å²) in [6.07, 6.45) is 6.77. The van der Waals surface area contributed by atoms with Crippen molar-refractivity contribution in [3.63, 3.8) is 0 Å². The lowest BCUT2D eigenvalue weighted by molar-refractivity contribution is 0.767. The monoisotopic (exact) mass is 176 g/mol. The van der Waals surface area contributed by atoms with Crippen LogP contribution in [0.4, 0.5) is 5.69 Å². The first-order valence-corrected chi connectivity index (χ1v) is 4.83. The number of fused-ring (bicyclic) bond motifs is 1. The molecule has 1 unspecified atom stereocenters. The highest BCUT2D eigenvalue weighted by Crippen LogP contribution is 2.23. The van der Waals surface area contributed by atoms with Crippen molar-refractivity contribution in [3.05, 3.63) is 24.0 Å². The van der Waals surface area contributed by atoms with Gasteiger partial charge in [0.1, 0.15) is 0 Å². The van der Waals surface area contributed by atoms with Gasteiger partial charge < -0.3 is 0 Å². The van der Waals surface area contributed by atoms with Gasteiger partial charge in [-0.2, -0.15) is 0 Å². The molecule has 0 fully saturated rings. The molecule has 0 radical (unpaired) electrons. The van der Waals surface area contributed by atoms with Crippen molar-refractivity contribution < 1.29 is 0 Å². The van der Waals surface area contributed by atoms with Crippen LogP contribution in [0, 0.1) is 5.92 Å². The topological polar surface area (TPSA) is 25.2 Å². The van der Waals surface area contributed by atoms with Gasteiger partial charge in [-0.3, -0.25) is 9.98 Å². The maximum atomic E-state index is 4.31. The highest BCUT2D eigenvalue weighted by atomic mass is 14.8. The number of pyridine rings is 1. The molecule has 13 heavy (non-hydrogen) atoms. The maximum absolute atomic E-state index is 4.31. The van der Waals surface area contributed by atoms with Crippen LogP contribution in [0.2, 0.25) is 0 Å². The number of hydrogen-bond acceptors (Lipinski definition) is 2. The fourth-order valence-corrected chi connectivity index (χ4v) is 1.31. The molecular formula is C11H16N2. The highest BCUT2D eigenvalue weighted by molar-refractivity contribution is 5.70. The fourth-order valence-electron chi connectivity index (χ4n) is 1.31. The number of aliphatic imine (C=N–C) groups is 1.